The van der Waals surface area contributed by atoms with Gasteiger partial charge in [-0.3, -0.25) is 9.59 Å². The van der Waals surface area contributed by atoms with Gasteiger partial charge in [-0.25, -0.2) is 13.1 Å². The summed E-state index contributed by atoms with van der Waals surface area (Å²) in [6.07, 6.45) is 1.97. The van der Waals surface area contributed by atoms with Crippen molar-refractivity contribution in [1.29, 1.82) is 0 Å². The Hall–Kier alpha value is -0.950. The number of sulfonamides is 1. The average molecular weight is 317 g/mol. The SMILES string of the molecule is COC(=O)[C@H](C)NS(=O)(=O)CC12CCC(CC1=O)C2(C)C. The molecule has 6 nitrogen and oxygen atoms in total. The molecular weight excluding hydrogens is 294 g/mol. The van der Waals surface area contributed by atoms with Gasteiger partial charge in [0, 0.05) is 11.8 Å². The van der Waals surface area contributed by atoms with Crippen molar-refractivity contribution in [2.75, 3.05) is 12.9 Å². The van der Waals surface area contributed by atoms with Crippen LogP contribution >= 0.6 is 0 Å². The summed E-state index contributed by atoms with van der Waals surface area (Å²) in [6, 6.07) is -0.951. The van der Waals surface area contributed by atoms with Crippen LogP contribution in [0.4, 0.5) is 0 Å². The van der Waals surface area contributed by atoms with Crippen molar-refractivity contribution in [3.8, 4) is 0 Å². The van der Waals surface area contributed by atoms with Crippen molar-refractivity contribution in [2.24, 2.45) is 16.7 Å². The molecule has 0 aliphatic heterocycles. The standard InChI is InChI=1S/C14H23NO5S/c1-9(12(17)20-4)15-21(18,19)8-14-6-5-10(7-11(14)16)13(14,2)3/h9-10,15H,5-8H2,1-4H3/t9-,10?,14?/m0/s1. The van der Waals surface area contributed by atoms with Crippen LogP contribution in [0.1, 0.15) is 40.0 Å². The normalized spacial score (nSPS) is 32.2. The van der Waals surface area contributed by atoms with Crippen molar-refractivity contribution in [2.45, 2.75) is 46.1 Å². The predicted octanol–water partition coefficient (Wildman–Crippen LogP) is 0.863. The largest absolute Gasteiger partial charge is 0.468 e. The predicted molar refractivity (Wildman–Crippen MR) is 77.0 cm³/mol. The highest BCUT2D eigenvalue weighted by atomic mass is 32.2. The fraction of sp³-hybridized carbons (Fsp3) is 0.857. The van der Waals surface area contributed by atoms with E-state index < -0.39 is 27.4 Å². The molecule has 2 aliphatic carbocycles. The van der Waals surface area contributed by atoms with Crippen molar-refractivity contribution in [3.05, 3.63) is 0 Å². The Morgan fingerprint density at radius 3 is 2.52 bits per heavy atom. The Kier molecular flexibility index (Phi) is 3.95. The van der Waals surface area contributed by atoms with E-state index >= 15 is 0 Å². The molecule has 3 atom stereocenters. The molecule has 0 aromatic heterocycles. The van der Waals surface area contributed by atoms with Gasteiger partial charge in [-0.05, 0) is 31.1 Å². The highest BCUT2D eigenvalue weighted by molar-refractivity contribution is 7.89. The van der Waals surface area contributed by atoms with Crippen LogP contribution in [0.5, 0.6) is 0 Å². The van der Waals surface area contributed by atoms with Gasteiger partial charge < -0.3 is 4.74 Å². The Bertz CT molecular complexity index is 568. The van der Waals surface area contributed by atoms with Gasteiger partial charge in [0.1, 0.15) is 11.8 Å². The van der Waals surface area contributed by atoms with Gasteiger partial charge in [0.05, 0.1) is 12.9 Å². The number of rotatable bonds is 5. The Labute approximate surface area is 125 Å². The topological polar surface area (TPSA) is 89.5 Å². The lowest BCUT2D eigenvalue weighted by molar-refractivity contribution is -0.142. The molecule has 0 saturated heterocycles. The first kappa shape index (κ1) is 16.4. The van der Waals surface area contributed by atoms with E-state index in [1.807, 2.05) is 13.8 Å². The molecule has 0 heterocycles. The number of carbonyl (C=O) groups is 2. The minimum absolute atomic E-state index is 0.0415. The van der Waals surface area contributed by atoms with Gasteiger partial charge in [0.2, 0.25) is 10.0 Å². The molecule has 0 spiro atoms. The van der Waals surface area contributed by atoms with Crippen molar-refractivity contribution >= 4 is 21.8 Å². The number of ketones is 1. The number of methoxy groups -OCH3 is 1. The third kappa shape index (κ3) is 2.50. The monoisotopic (exact) mass is 317 g/mol. The van der Waals surface area contributed by atoms with Gasteiger partial charge in [-0.15, -0.1) is 0 Å². The molecule has 2 unspecified atom stereocenters. The third-order valence-electron chi connectivity index (χ3n) is 5.49. The van der Waals surface area contributed by atoms with E-state index in [4.69, 9.17) is 0 Å². The molecular formula is C14H23NO5S. The van der Waals surface area contributed by atoms with E-state index in [1.165, 1.54) is 14.0 Å². The molecule has 21 heavy (non-hydrogen) atoms. The highest BCUT2D eigenvalue weighted by Gasteiger charge is 2.65. The molecule has 0 aromatic rings. The number of carbonyl (C=O) groups excluding carboxylic acids is 2. The van der Waals surface area contributed by atoms with E-state index in [2.05, 4.69) is 9.46 Å². The van der Waals surface area contributed by atoms with E-state index in [0.29, 0.717) is 12.8 Å². The molecule has 120 valence electrons. The van der Waals surface area contributed by atoms with Crippen LogP contribution < -0.4 is 4.72 Å². The van der Waals surface area contributed by atoms with Crippen LogP contribution in [0.15, 0.2) is 0 Å². The third-order valence-corrected chi connectivity index (χ3v) is 7.07. The molecule has 0 aromatic carbocycles. The summed E-state index contributed by atoms with van der Waals surface area (Å²) in [6.45, 7) is 5.39. The first-order valence-electron chi connectivity index (χ1n) is 7.17. The lowest BCUT2D eigenvalue weighted by Crippen LogP contribution is -2.48. The molecule has 2 bridgehead atoms. The van der Waals surface area contributed by atoms with E-state index in [-0.39, 0.29) is 22.9 Å². The molecule has 0 radical (unpaired) electrons. The summed E-state index contributed by atoms with van der Waals surface area (Å²) in [7, 11) is -2.53. The number of nitrogens with one attached hydrogen (secondary N) is 1. The summed E-state index contributed by atoms with van der Waals surface area (Å²) in [5.41, 5.74) is -1.13. The van der Waals surface area contributed by atoms with Gasteiger partial charge in [0.25, 0.3) is 0 Å². The maximum absolute atomic E-state index is 12.4. The maximum Gasteiger partial charge on any atom is 0.323 e. The lowest BCUT2D eigenvalue weighted by Gasteiger charge is -2.36. The molecule has 0 amide bonds. The second kappa shape index (κ2) is 5.05. The molecule has 2 fully saturated rings. The van der Waals surface area contributed by atoms with Crippen LogP contribution in [-0.2, 0) is 24.3 Å². The van der Waals surface area contributed by atoms with Gasteiger partial charge in [-0.2, -0.15) is 0 Å². The number of fused-ring (bicyclic) bond motifs is 2. The molecule has 7 heteroatoms. The number of hydrogen-bond donors (Lipinski definition) is 1. The van der Waals surface area contributed by atoms with E-state index in [0.717, 1.165) is 6.42 Å². The Morgan fingerprint density at radius 1 is 1.48 bits per heavy atom. The summed E-state index contributed by atoms with van der Waals surface area (Å²) in [5.74, 6) is -0.584. The van der Waals surface area contributed by atoms with Gasteiger partial charge >= 0.3 is 5.97 Å². The first-order valence-corrected chi connectivity index (χ1v) is 8.82. The summed E-state index contributed by atoms with van der Waals surface area (Å²) in [4.78, 5) is 23.7. The fourth-order valence-electron chi connectivity index (χ4n) is 3.97. The zero-order chi connectivity index (χ0) is 16.1. The number of ether oxygens (including phenoxy) is 1. The highest BCUT2D eigenvalue weighted by Crippen LogP contribution is 2.64. The van der Waals surface area contributed by atoms with Gasteiger partial charge in [-0.1, -0.05) is 13.8 Å². The number of Topliss-reactive ketones (excluding diaryl/α,β-unsaturated/α-hetero) is 1. The van der Waals surface area contributed by atoms with Crippen LogP contribution in [0.3, 0.4) is 0 Å². The van der Waals surface area contributed by atoms with Crippen molar-refractivity contribution < 1.29 is 22.7 Å². The molecule has 2 aliphatic rings. The van der Waals surface area contributed by atoms with Crippen LogP contribution in [0, 0.1) is 16.7 Å². The smallest absolute Gasteiger partial charge is 0.323 e. The molecule has 2 rings (SSSR count). The van der Waals surface area contributed by atoms with E-state index in [1.54, 1.807) is 0 Å². The first-order chi connectivity index (χ1) is 9.56. The zero-order valence-electron chi connectivity index (χ0n) is 12.9. The zero-order valence-corrected chi connectivity index (χ0v) is 13.7. The minimum atomic E-state index is -3.74. The number of esters is 1. The summed E-state index contributed by atoms with van der Waals surface area (Å²) >= 11 is 0. The fourth-order valence-corrected chi connectivity index (χ4v) is 6.01. The maximum atomic E-state index is 12.4. The lowest BCUT2D eigenvalue weighted by atomic mass is 9.70. The molecule has 1 N–H and O–H groups in total. The van der Waals surface area contributed by atoms with Crippen LogP contribution in [-0.4, -0.2) is 39.1 Å². The van der Waals surface area contributed by atoms with Crippen LogP contribution in [0.2, 0.25) is 0 Å². The Balaban J connectivity index is 2.20. The second-order valence-corrected chi connectivity index (χ2v) is 8.54. The van der Waals surface area contributed by atoms with Crippen molar-refractivity contribution in [1.82, 2.24) is 4.72 Å². The van der Waals surface area contributed by atoms with Crippen molar-refractivity contribution in [3.63, 3.8) is 0 Å². The number of hydrogen-bond acceptors (Lipinski definition) is 5. The van der Waals surface area contributed by atoms with E-state index in [9.17, 15) is 18.0 Å². The minimum Gasteiger partial charge on any atom is -0.468 e. The Morgan fingerprint density at radius 2 is 2.10 bits per heavy atom. The average Bonchev–Trinajstić information content (AvgIpc) is 2.70. The summed E-state index contributed by atoms with van der Waals surface area (Å²) in [5, 5.41) is 0. The molecule has 2 saturated carbocycles. The second-order valence-electron chi connectivity index (χ2n) is 6.79. The van der Waals surface area contributed by atoms with Crippen LogP contribution in [0.25, 0.3) is 0 Å². The quantitative estimate of drug-likeness (QED) is 0.760. The van der Waals surface area contributed by atoms with Gasteiger partial charge in [0.15, 0.2) is 0 Å². The summed E-state index contributed by atoms with van der Waals surface area (Å²) < 4.78 is 31.6.